The Morgan fingerprint density at radius 2 is 1.89 bits per heavy atom. The molecule has 1 heterocycles. The fraction of sp³-hybridized carbons (Fsp3) is 0.444. The van der Waals surface area contributed by atoms with Gasteiger partial charge in [0.15, 0.2) is 5.78 Å². The second kappa shape index (κ2) is 10.4. The smallest absolute Gasteiger partial charge is 0.224 e. The summed E-state index contributed by atoms with van der Waals surface area (Å²) in [4.78, 5) is 41.1. The molecule has 1 atom stereocenters. The van der Waals surface area contributed by atoms with Crippen molar-refractivity contribution in [3.8, 4) is 5.75 Å². The summed E-state index contributed by atoms with van der Waals surface area (Å²) in [7, 11) is 1.61. The molecular formula is C27H33N3O5. The molecule has 0 aliphatic carbocycles. The molecule has 2 aromatic carbocycles. The highest BCUT2D eigenvalue weighted by molar-refractivity contribution is 6.17. The quantitative estimate of drug-likeness (QED) is 0.284. The van der Waals surface area contributed by atoms with Gasteiger partial charge in [0.2, 0.25) is 11.4 Å². The lowest BCUT2D eigenvalue weighted by molar-refractivity contribution is -0.566. The van der Waals surface area contributed by atoms with Crippen LogP contribution in [0.3, 0.4) is 0 Å². The average Bonchev–Trinajstić information content (AvgIpc) is 2.82. The maximum atomic E-state index is 13.1. The average molecular weight is 480 g/mol. The topological polar surface area (TPSA) is 111 Å². The van der Waals surface area contributed by atoms with Gasteiger partial charge in [0.25, 0.3) is 0 Å². The minimum Gasteiger partial charge on any atom is -0.497 e. The summed E-state index contributed by atoms with van der Waals surface area (Å²) in [6.45, 7) is 7.39. The molecule has 186 valence electrons. The van der Waals surface area contributed by atoms with Crippen molar-refractivity contribution in [2.24, 2.45) is 4.99 Å². The summed E-state index contributed by atoms with van der Waals surface area (Å²) >= 11 is 0. The van der Waals surface area contributed by atoms with Crippen LogP contribution in [0.1, 0.15) is 74.9 Å². The van der Waals surface area contributed by atoms with Crippen molar-refractivity contribution in [2.75, 3.05) is 12.4 Å². The van der Waals surface area contributed by atoms with E-state index < -0.39 is 5.54 Å². The van der Waals surface area contributed by atoms with E-state index in [9.17, 15) is 19.7 Å². The SMILES string of the molecule is CCC(C)(CCC(=O)Nc1ccc(C(=O)CC2=NC(C)(C)Cc3ccc(OC)cc32)cc1)[N+](=O)[O-]. The van der Waals surface area contributed by atoms with Gasteiger partial charge in [0.05, 0.1) is 24.8 Å². The van der Waals surface area contributed by atoms with Crippen LogP contribution in [0.2, 0.25) is 0 Å². The predicted molar refractivity (Wildman–Crippen MR) is 136 cm³/mol. The van der Waals surface area contributed by atoms with E-state index in [1.54, 1.807) is 45.2 Å². The Morgan fingerprint density at radius 3 is 2.49 bits per heavy atom. The van der Waals surface area contributed by atoms with E-state index in [2.05, 4.69) is 19.2 Å². The first-order valence-corrected chi connectivity index (χ1v) is 11.8. The number of Topliss-reactive ketones (excluding diaryl/α,β-unsaturated/α-hetero) is 1. The Labute approximate surface area is 205 Å². The highest BCUT2D eigenvalue weighted by Crippen LogP contribution is 2.31. The van der Waals surface area contributed by atoms with Crippen LogP contribution in [-0.4, -0.2) is 40.5 Å². The lowest BCUT2D eigenvalue weighted by Crippen LogP contribution is -2.35. The van der Waals surface area contributed by atoms with Crippen LogP contribution in [-0.2, 0) is 11.2 Å². The number of aliphatic imine (C=N–C) groups is 1. The molecule has 1 aliphatic heterocycles. The number of nitro groups is 1. The van der Waals surface area contributed by atoms with E-state index in [1.165, 1.54) is 0 Å². The third kappa shape index (κ3) is 6.32. The number of ketones is 1. The third-order valence-corrected chi connectivity index (χ3v) is 6.60. The number of nitrogens with one attached hydrogen (secondary N) is 1. The second-order valence-electron chi connectivity index (χ2n) is 9.90. The number of carbonyl (C=O) groups excluding carboxylic acids is 2. The highest BCUT2D eigenvalue weighted by Gasteiger charge is 2.35. The van der Waals surface area contributed by atoms with Gasteiger partial charge in [-0.15, -0.1) is 0 Å². The number of anilines is 1. The van der Waals surface area contributed by atoms with E-state index in [-0.39, 0.29) is 41.4 Å². The van der Waals surface area contributed by atoms with Gasteiger partial charge in [-0.3, -0.25) is 24.7 Å². The van der Waals surface area contributed by atoms with Crippen LogP contribution in [0.15, 0.2) is 47.5 Å². The number of fused-ring (bicyclic) bond motifs is 1. The van der Waals surface area contributed by atoms with E-state index in [0.717, 1.165) is 29.0 Å². The maximum Gasteiger partial charge on any atom is 0.224 e. The van der Waals surface area contributed by atoms with Crippen molar-refractivity contribution < 1.29 is 19.2 Å². The summed E-state index contributed by atoms with van der Waals surface area (Å²) < 4.78 is 5.36. The standard InChI is InChI=1S/C27H33N3O5/c1-6-27(4,30(33)34)14-13-25(32)28-20-10-7-18(8-11-20)24(31)16-23-22-15-21(35-5)12-9-19(22)17-26(2,3)29-23/h7-12,15H,6,13-14,16-17H2,1-5H3,(H,28,32). The Balaban J connectivity index is 1.67. The van der Waals surface area contributed by atoms with E-state index in [4.69, 9.17) is 9.73 Å². The summed E-state index contributed by atoms with van der Waals surface area (Å²) in [5, 5.41) is 14.0. The highest BCUT2D eigenvalue weighted by atomic mass is 16.6. The number of methoxy groups -OCH3 is 1. The Hall–Kier alpha value is -3.55. The van der Waals surface area contributed by atoms with Crippen molar-refractivity contribution >= 4 is 23.1 Å². The normalized spacial score (nSPS) is 15.9. The number of amides is 1. The first kappa shape index (κ1) is 26.1. The fourth-order valence-electron chi connectivity index (χ4n) is 4.17. The minimum atomic E-state index is -1.12. The van der Waals surface area contributed by atoms with Crippen LogP contribution in [0.25, 0.3) is 0 Å². The first-order valence-electron chi connectivity index (χ1n) is 11.8. The van der Waals surface area contributed by atoms with E-state index >= 15 is 0 Å². The lowest BCUT2D eigenvalue weighted by Gasteiger charge is -2.29. The van der Waals surface area contributed by atoms with Crippen LogP contribution < -0.4 is 10.1 Å². The summed E-state index contributed by atoms with van der Waals surface area (Å²) in [5.41, 5.74) is 2.46. The molecule has 1 N–H and O–H groups in total. The summed E-state index contributed by atoms with van der Waals surface area (Å²) in [6.07, 6.45) is 1.50. The third-order valence-electron chi connectivity index (χ3n) is 6.60. The van der Waals surface area contributed by atoms with Crippen LogP contribution in [0.4, 0.5) is 5.69 Å². The zero-order valence-corrected chi connectivity index (χ0v) is 21.0. The molecule has 2 aromatic rings. The second-order valence-corrected chi connectivity index (χ2v) is 9.90. The molecule has 1 unspecified atom stereocenters. The number of nitrogens with zero attached hydrogens (tertiary/aromatic N) is 2. The minimum absolute atomic E-state index is 0.0461. The molecule has 8 nitrogen and oxygen atoms in total. The van der Waals surface area contributed by atoms with E-state index in [0.29, 0.717) is 17.7 Å². The van der Waals surface area contributed by atoms with Gasteiger partial charge < -0.3 is 10.1 Å². The van der Waals surface area contributed by atoms with Gasteiger partial charge in [0.1, 0.15) is 5.75 Å². The number of hydrogen-bond acceptors (Lipinski definition) is 6. The van der Waals surface area contributed by atoms with E-state index in [1.807, 2.05) is 18.2 Å². The molecule has 8 heteroatoms. The Morgan fingerprint density at radius 1 is 1.20 bits per heavy atom. The molecular weight excluding hydrogens is 446 g/mol. The van der Waals surface area contributed by atoms with Crippen molar-refractivity contribution in [2.45, 2.75) is 70.9 Å². The van der Waals surface area contributed by atoms with Crippen LogP contribution >= 0.6 is 0 Å². The summed E-state index contributed by atoms with van der Waals surface area (Å²) in [6, 6.07) is 12.6. The van der Waals surface area contributed by atoms with Gasteiger partial charge in [-0.25, -0.2) is 0 Å². The number of ether oxygens (including phenoxy) is 1. The van der Waals surface area contributed by atoms with Crippen molar-refractivity contribution in [1.82, 2.24) is 0 Å². The number of hydrogen-bond donors (Lipinski definition) is 1. The predicted octanol–water partition coefficient (Wildman–Crippen LogP) is 5.26. The Kier molecular flexibility index (Phi) is 7.73. The van der Waals surface area contributed by atoms with Gasteiger partial charge >= 0.3 is 0 Å². The molecule has 0 spiro atoms. The molecule has 0 saturated carbocycles. The molecule has 3 rings (SSSR count). The molecule has 0 saturated heterocycles. The molecule has 1 aliphatic rings. The zero-order valence-electron chi connectivity index (χ0n) is 21.0. The Bertz CT molecular complexity index is 1150. The van der Waals surface area contributed by atoms with Gasteiger partial charge in [-0.05, 0) is 62.2 Å². The number of benzene rings is 2. The first-order chi connectivity index (χ1) is 16.5. The van der Waals surface area contributed by atoms with Crippen LogP contribution in [0.5, 0.6) is 5.75 Å². The van der Waals surface area contributed by atoms with Gasteiger partial charge in [0, 0.05) is 47.9 Å². The molecule has 1 amide bonds. The molecule has 0 radical (unpaired) electrons. The van der Waals surface area contributed by atoms with Crippen molar-refractivity contribution in [3.05, 3.63) is 69.3 Å². The van der Waals surface area contributed by atoms with Gasteiger partial charge in [-0.1, -0.05) is 13.0 Å². The van der Waals surface area contributed by atoms with Crippen molar-refractivity contribution in [1.29, 1.82) is 0 Å². The molecule has 35 heavy (non-hydrogen) atoms. The summed E-state index contributed by atoms with van der Waals surface area (Å²) in [5.74, 6) is 0.355. The number of rotatable bonds is 10. The van der Waals surface area contributed by atoms with Crippen LogP contribution in [0, 0.1) is 10.1 Å². The zero-order chi connectivity index (χ0) is 25.8. The van der Waals surface area contributed by atoms with Gasteiger partial charge in [-0.2, -0.15) is 0 Å². The molecule has 0 bridgehead atoms. The monoisotopic (exact) mass is 479 g/mol. The molecule has 0 aromatic heterocycles. The van der Waals surface area contributed by atoms with Crippen molar-refractivity contribution in [3.63, 3.8) is 0 Å². The lowest BCUT2D eigenvalue weighted by atomic mass is 9.85. The molecule has 0 fully saturated rings. The maximum absolute atomic E-state index is 13.1. The fourth-order valence-corrected chi connectivity index (χ4v) is 4.17. The largest absolute Gasteiger partial charge is 0.497 e. The number of carbonyl (C=O) groups is 2.